The molecule has 0 fully saturated rings. The molecule has 1 heterocycles. The number of hydrogen-bond acceptors (Lipinski definition) is 2. The Hall–Kier alpha value is -2.02. The van der Waals surface area contributed by atoms with Crippen molar-refractivity contribution in [3.8, 4) is 5.69 Å². The Bertz CT molecular complexity index is 930. The number of rotatable bonds is 5. The second kappa shape index (κ2) is 7.47. The molecule has 0 amide bonds. The van der Waals surface area contributed by atoms with E-state index in [1.807, 2.05) is 42.8 Å². The van der Waals surface area contributed by atoms with Gasteiger partial charge < -0.3 is 4.90 Å². The van der Waals surface area contributed by atoms with Crippen LogP contribution < -0.4 is 4.90 Å². The second-order valence-corrected chi connectivity index (χ2v) is 6.83. The molecule has 130 valence electrons. The molecule has 3 rings (SSSR count). The van der Waals surface area contributed by atoms with Crippen LogP contribution in [-0.4, -0.2) is 21.4 Å². The molecule has 0 radical (unpaired) electrons. The molecular weight excluding hydrogens is 359 g/mol. The molecule has 1 unspecified atom stereocenters. The van der Waals surface area contributed by atoms with Crippen LogP contribution in [0.2, 0.25) is 5.02 Å². The first-order valence-corrected chi connectivity index (χ1v) is 8.70. The summed E-state index contributed by atoms with van der Waals surface area (Å²) in [5, 5.41) is 4.83. The van der Waals surface area contributed by atoms with Crippen molar-refractivity contribution in [2.45, 2.75) is 20.1 Å². The second-order valence-electron chi connectivity index (χ2n) is 6.06. The minimum atomic E-state index is -0.291. The number of aryl methyl sites for hydroxylation is 1. The summed E-state index contributed by atoms with van der Waals surface area (Å²) in [6, 6.07) is 12.7. The van der Waals surface area contributed by atoms with E-state index in [9.17, 15) is 4.39 Å². The molecule has 25 heavy (non-hydrogen) atoms. The normalized spacial score (nSPS) is 12.3. The summed E-state index contributed by atoms with van der Waals surface area (Å²) < 4.78 is 18.2. The maximum Gasteiger partial charge on any atom is 0.207 e. The molecule has 1 aromatic heterocycles. The number of benzene rings is 2. The van der Waals surface area contributed by atoms with E-state index in [-0.39, 0.29) is 5.82 Å². The number of para-hydroxylation sites is 1. The van der Waals surface area contributed by atoms with Gasteiger partial charge in [0.1, 0.15) is 18.7 Å². The molecule has 2 aromatic carbocycles. The summed E-state index contributed by atoms with van der Waals surface area (Å²) in [5.74, 6) is -0.291. The molecule has 0 aliphatic rings. The molecule has 7 heteroatoms. The first-order chi connectivity index (χ1) is 12.0. The van der Waals surface area contributed by atoms with E-state index in [0.29, 0.717) is 28.6 Å². The number of hydrogen-bond donors (Lipinski definition) is 1. The van der Waals surface area contributed by atoms with Crippen LogP contribution in [0.4, 0.5) is 4.39 Å². The predicted octanol–water partition coefficient (Wildman–Crippen LogP) is 3.18. The van der Waals surface area contributed by atoms with Gasteiger partial charge >= 0.3 is 0 Å². The number of nitrogens with zero attached hydrogens (tertiary/aromatic N) is 3. The molecule has 0 saturated carbocycles. The lowest BCUT2D eigenvalue weighted by Gasteiger charge is -2.15. The van der Waals surface area contributed by atoms with E-state index in [2.05, 4.69) is 5.10 Å². The zero-order chi connectivity index (χ0) is 18.0. The van der Waals surface area contributed by atoms with Gasteiger partial charge in [-0.1, -0.05) is 35.9 Å². The van der Waals surface area contributed by atoms with E-state index >= 15 is 0 Å². The Labute approximate surface area is 156 Å². The summed E-state index contributed by atoms with van der Waals surface area (Å²) in [7, 11) is 1.96. The van der Waals surface area contributed by atoms with Crippen molar-refractivity contribution in [1.82, 2.24) is 14.3 Å². The Kier molecular flexibility index (Phi) is 5.32. The Morgan fingerprint density at radius 3 is 2.68 bits per heavy atom. The van der Waals surface area contributed by atoms with E-state index in [1.54, 1.807) is 23.1 Å². The Balaban J connectivity index is 1.80. The number of quaternary nitrogens is 1. The van der Waals surface area contributed by atoms with Gasteiger partial charge in [0.05, 0.1) is 23.3 Å². The van der Waals surface area contributed by atoms with E-state index in [1.165, 1.54) is 6.07 Å². The first kappa shape index (κ1) is 17.8. The van der Waals surface area contributed by atoms with Crippen molar-refractivity contribution in [2.75, 3.05) is 7.05 Å². The predicted molar refractivity (Wildman–Crippen MR) is 99.1 cm³/mol. The fourth-order valence-electron chi connectivity index (χ4n) is 2.76. The van der Waals surface area contributed by atoms with Crippen LogP contribution in [0.5, 0.6) is 0 Å². The van der Waals surface area contributed by atoms with Crippen molar-refractivity contribution in [1.29, 1.82) is 0 Å². The van der Waals surface area contributed by atoms with Crippen LogP contribution in [-0.2, 0) is 13.2 Å². The largest absolute Gasteiger partial charge is 0.315 e. The lowest BCUT2D eigenvalue weighted by atomic mass is 10.2. The molecule has 1 atom stereocenters. The molecule has 0 saturated heterocycles. The van der Waals surface area contributed by atoms with Crippen LogP contribution in [0, 0.1) is 17.5 Å². The SMILES string of the molecule is Cc1ccccc1-n1cnn(C[NH+](C)Cc2c(F)cccc2Cl)c1=S. The molecule has 1 N–H and O–H groups in total. The van der Waals surface area contributed by atoms with Crippen LogP contribution in [0.15, 0.2) is 48.8 Å². The molecule has 0 aliphatic carbocycles. The zero-order valence-corrected chi connectivity index (χ0v) is 15.6. The highest BCUT2D eigenvalue weighted by atomic mass is 35.5. The highest BCUT2D eigenvalue weighted by molar-refractivity contribution is 7.71. The smallest absolute Gasteiger partial charge is 0.207 e. The number of halogens is 2. The molecule has 3 aromatic rings. The monoisotopic (exact) mass is 377 g/mol. The minimum Gasteiger partial charge on any atom is -0.315 e. The van der Waals surface area contributed by atoms with Crippen LogP contribution in [0.25, 0.3) is 5.69 Å². The molecule has 0 bridgehead atoms. The minimum absolute atomic E-state index is 0.291. The third-order valence-electron chi connectivity index (χ3n) is 4.07. The fraction of sp³-hybridized carbons (Fsp3) is 0.222. The van der Waals surface area contributed by atoms with Crippen molar-refractivity contribution < 1.29 is 9.29 Å². The maximum absolute atomic E-state index is 14.0. The highest BCUT2D eigenvalue weighted by Gasteiger charge is 2.14. The van der Waals surface area contributed by atoms with Crippen LogP contribution >= 0.6 is 23.8 Å². The molecular formula is C18H19ClFN4S+. The highest BCUT2D eigenvalue weighted by Crippen LogP contribution is 2.17. The summed E-state index contributed by atoms with van der Waals surface area (Å²) in [6.45, 7) is 3.00. The van der Waals surface area contributed by atoms with Gasteiger partial charge in [-0.2, -0.15) is 9.78 Å². The maximum atomic E-state index is 14.0. The Morgan fingerprint density at radius 2 is 1.96 bits per heavy atom. The van der Waals surface area contributed by atoms with E-state index < -0.39 is 0 Å². The standard InChI is InChI=1S/C18H18ClFN4S/c1-13-6-3-4-9-17(13)23-11-21-24(18(23)25)12-22(2)10-14-15(19)7-5-8-16(14)20/h3-9,11H,10,12H2,1-2H3/p+1. The summed E-state index contributed by atoms with van der Waals surface area (Å²) in [4.78, 5) is 1.03. The van der Waals surface area contributed by atoms with Gasteiger partial charge in [-0.05, 0) is 42.9 Å². The van der Waals surface area contributed by atoms with Crippen LogP contribution in [0.3, 0.4) is 0 Å². The van der Waals surface area contributed by atoms with Gasteiger partial charge in [0, 0.05) is 0 Å². The lowest BCUT2D eigenvalue weighted by molar-refractivity contribution is -0.917. The molecule has 4 nitrogen and oxygen atoms in total. The third-order valence-corrected chi connectivity index (χ3v) is 4.83. The van der Waals surface area contributed by atoms with Crippen molar-refractivity contribution in [2.24, 2.45) is 0 Å². The van der Waals surface area contributed by atoms with Gasteiger partial charge in [-0.3, -0.25) is 4.57 Å². The van der Waals surface area contributed by atoms with E-state index in [0.717, 1.165) is 16.2 Å². The van der Waals surface area contributed by atoms with Gasteiger partial charge in [-0.15, -0.1) is 0 Å². The molecule has 0 spiro atoms. The van der Waals surface area contributed by atoms with Gasteiger partial charge in [0.15, 0.2) is 6.67 Å². The average Bonchev–Trinajstić information content (AvgIpc) is 2.92. The third kappa shape index (κ3) is 3.81. The summed E-state index contributed by atoms with van der Waals surface area (Å²) in [5.41, 5.74) is 2.64. The van der Waals surface area contributed by atoms with Crippen molar-refractivity contribution >= 4 is 23.8 Å². The number of aromatic nitrogens is 3. The van der Waals surface area contributed by atoms with Gasteiger partial charge in [0.25, 0.3) is 0 Å². The van der Waals surface area contributed by atoms with Gasteiger partial charge in [0.2, 0.25) is 4.77 Å². The van der Waals surface area contributed by atoms with Crippen molar-refractivity contribution in [3.63, 3.8) is 0 Å². The summed E-state index contributed by atoms with van der Waals surface area (Å²) in [6.07, 6.45) is 1.72. The quantitative estimate of drug-likeness (QED) is 0.691. The van der Waals surface area contributed by atoms with Gasteiger partial charge in [-0.25, -0.2) is 4.39 Å². The first-order valence-electron chi connectivity index (χ1n) is 7.92. The average molecular weight is 378 g/mol. The Morgan fingerprint density at radius 1 is 1.20 bits per heavy atom. The zero-order valence-electron chi connectivity index (χ0n) is 14.0. The molecule has 0 aliphatic heterocycles. The topological polar surface area (TPSA) is 27.2 Å². The summed E-state index contributed by atoms with van der Waals surface area (Å²) >= 11 is 11.7. The van der Waals surface area contributed by atoms with Crippen molar-refractivity contribution in [3.05, 3.63) is 75.5 Å². The van der Waals surface area contributed by atoms with Crippen LogP contribution in [0.1, 0.15) is 11.1 Å². The van der Waals surface area contributed by atoms with E-state index in [4.69, 9.17) is 23.8 Å². The fourth-order valence-corrected chi connectivity index (χ4v) is 3.25. The number of nitrogens with one attached hydrogen (secondary N) is 1. The lowest BCUT2D eigenvalue weighted by Crippen LogP contribution is -3.07.